The zero-order valence-corrected chi connectivity index (χ0v) is 18.1. The van der Waals surface area contributed by atoms with Crippen molar-refractivity contribution in [2.75, 3.05) is 13.7 Å². The van der Waals surface area contributed by atoms with Gasteiger partial charge in [-0.3, -0.25) is 0 Å². The molecule has 28 heavy (non-hydrogen) atoms. The Balaban J connectivity index is 1.62. The Morgan fingerprint density at radius 1 is 1.21 bits per heavy atom. The Morgan fingerprint density at radius 2 is 2.00 bits per heavy atom. The van der Waals surface area contributed by atoms with Gasteiger partial charge in [-0.1, -0.05) is 37.1 Å². The largest absolute Gasteiger partial charge is 0.466 e. The van der Waals surface area contributed by atoms with Gasteiger partial charge in [-0.15, -0.1) is 0 Å². The molecule has 3 heteroatoms. The van der Waals surface area contributed by atoms with Gasteiger partial charge in [-0.05, 0) is 80.6 Å². The van der Waals surface area contributed by atoms with Crippen molar-refractivity contribution in [3.63, 3.8) is 0 Å². The van der Waals surface area contributed by atoms with E-state index in [-0.39, 0.29) is 22.9 Å². The highest BCUT2D eigenvalue weighted by atomic mass is 16.5. The zero-order valence-electron chi connectivity index (χ0n) is 18.1. The van der Waals surface area contributed by atoms with E-state index in [0.717, 1.165) is 17.9 Å². The molecular formula is C25H34O3. The van der Waals surface area contributed by atoms with Crippen molar-refractivity contribution in [2.45, 2.75) is 72.3 Å². The molecule has 6 atom stereocenters. The topological polar surface area (TPSA) is 35.5 Å². The fourth-order valence-corrected chi connectivity index (χ4v) is 8.26. The number of hydrogen-bond donors (Lipinski definition) is 0. The van der Waals surface area contributed by atoms with E-state index in [0.29, 0.717) is 24.4 Å². The molecule has 0 bridgehead atoms. The lowest BCUT2D eigenvalue weighted by atomic mass is 9.39. The molecule has 152 valence electrons. The van der Waals surface area contributed by atoms with Crippen LogP contribution in [-0.2, 0) is 14.3 Å². The highest BCUT2D eigenvalue weighted by Crippen LogP contribution is 2.71. The maximum Gasteiger partial charge on any atom is 0.334 e. The molecule has 0 amide bonds. The molecule has 0 aromatic rings. The van der Waals surface area contributed by atoms with Gasteiger partial charge in [0.25, 0.3) is 0 Å². The maximum absolute atomic E-state index is 12.4. The van der Waals surface area contributed by atoms with E-state index in [1.54, 1.807) is 11.1 Å². The number of methoxy groups -OCH3 is 1. The van der Waals surface area contributed by atoms with Gasteiger partial charge >= 0.3 is 5.97 Å². The van der Waals surface area contributed by atoms with Gasteiger partial charge in [0.05, 0.1) is 19.8 Å². The van der Waals surface area contributed by atoms with Gasteiger partial charge in [-0.25, -0.2) is 4.79 Å². The summed E-state index contributed by atoms with van der Waals surface area (Å²) in [4.78, 5) is 12.4. The Hall–Kier alpha value is -1.35. The average Bonchev–Trinajstić information content (AvgIpc) is 2.99. The molecule has 2 saturated carbocycles. The molecule has 4 aliphatic carbocycles. The number of ether oxygens (including phenoxy) is 2. The summed E-state index contributed by atoms with van der Waals surface area (Å²) >= 11 is 0. The Morgan fingerprint density at radius 3 is 2.75 bits per heavy atom. The number of carbonyl (C=O) groups excluding carboxylic acids is 1. The molecule has 1 heterocycles. The van der Waals surface area contributed by atoms with E-state index < -0.39 is 0 Å². The molecule has 0 N–H and O–H groups in total. The Kier molecular flexibility index (Phi) is 3.89. The minimum absolute atomic E-state index is 0.129. The first-order valence-corrected chi connectivity index (χ1v) is 11.1. The van der Waals surface area contributed by atoms with Crippen molar-refractivity contribution >= 4 is 5.97 Å². The van der Waals surface area contributed by atoms with Crippen molar-refractivity contribution in [2.24, 2.45) is 28.1 Å². The highest BCUT2D eigenvalue weighted by Gasteiger charge is 2.65. The van der Waals surface area contributed by atoms with Crippen LogP contribution in [0.25, 0.3) is 0 Å². The SMILES string of the molecule is COC(=O)C1=C2CO[C@H]3C[C@@H]4[C@@]5(C)CCC=C(C)[C@@H]5CC[C@@]4(C)C(=CC1)[C@@]23C. The van der Waals surface area contributed by atoms with Crippen molar-refractivity contribution in [3.05, 3.63) is 34.4 Å². The summed E-state index contributed by atoms with van der Waals surface area (Å²) < 4.78 is 11.5. The van der Waals surface area contributed by atoms with Gasteiger partial charge in [0.1, 0.15) is 0 Å². The van der Waals surface area contributed by atoms with E-state index in [4.69, 9.17) is 9.47 Å². The molecule has 5 aliphatic rings. The summed E-state index contributed by atoms with van der Waals surface area (Å²) in [6.45, 7) is 10.4. The average molecular weight is 383 g/mol. The van der Waals surface area contributed by atoms with Gasteiger partial charge in [-0.2, -0.15) is 0 Å². The summed E-state index contributed by atoms with van der Waals surface area (Å²) in [5.74, 6) is 1.19. The van der Waals surface area contributed by atoms with Crippen molar-refractivity contribution < 1.29 is 14.3 Å². The molecule has 0 radical (unpaired) electrons. The highest BCUT2D eigenvalue weighted by molar-refractivity contribution is 5.91. The number of hydrogen-bond acceptors (Lipinski definition) is 3. The molecule has 3 nitrogen and oxygen atoms in total. The number of esters is 1. The summed E-state index contributed by atoms with van der Waals surface area (Å²) in [5.41, 5.74) is 5.65. The minimum atomic E-state index is -0.174. The monoisotopic (exact) mass is 382 g/mol. The predicted molar refractivity (Wildman–Crippen MR) is 110 cm³/mol. The fourth-order valence-electron chi connectivity index (χ4n) is 8.26. The number of carbonyl (C=O) groups is 1. The first-order chi connectivity index (χ1) is 13.3. The number of rotatable bonds is 1. The minimum Gasteiger partial charge on any atom is -0.466 e. The lowest BCUT2D eigenvalue weighted by Gasteiger charge is -2.65. The number of allylic oxidation sites excluding steroid dienone is 3. The molecule has 3 fully saturated rings. The molecule has 5 rings (SSSR count). The summed E-state index contributed by atoms with van der Waals surface area (Å²) in [7, 11) is 1.49. The standard InChI is InChI=1S/C25H34O3/c1-15-7-6-11-23(2)17(15)10-12-24(3)19-9-8-16(22(26)27-5)18-14-28-21(13-20(23)24)25(18,19)4/h7,9,17,20-21H,6,8,10-14H2,1-5H3/t17-,20+,21-,23-,24-,25+/m0/s1. The summed E-state index contributed by atoms with van der Waals surface area (Å²) in [5, 5.41) is 0. The van der Waals surface area contributed by atoms with Crippen LogP contribution in [0.3, 0.4) is 0 Å². The lowest BCUT2D eigenvalue weighted by Crippen LogP contribution is -2.59. The van der Waals surface area contributed by atoms with Crippen LogP contribution in [0.5, 0.6) is 0 Å². The third kappa shape index (κ3) is 2.07. The van der Waals surface area contributed by atoms with E-state index in [2.05, 4.69) is 39.8 Å². The van der Waals surface area contributed by atoms with Gasteiger partial charge in [0.15, 0.2) is 0 Å². The zero-order chi connectivity index (χ0) is 19.9. The van der Waals surface area contributed by atoms with Gasteiger partial charge in [0, 0.05) is 11.0 Å². The Labute approximate surface area is 169 Å². The van der Waals surface area contributed by atoms with Crippen molar-refractivity contribution in [3.8, 4) is 0 Å². The molecule has 0 unspecified atom stereocenters. The van der Waals surface area contributed by atoms with E-state index >= 15 is 0 Å². The van der Waals surface area contributed by atoms with Crippen LogP contribution in [0.2, 0.25) is 0 Å². The maximum atomic E-state index is 12.4. The van der Waals surface area contributed by atoms with Crippen LogP contribution in [0, 0.1) is 28.1 Å². The Bertz CT molecular complexity index is 833. The van der Waals surface area contributed by atoms with Crippen LogP contribution < -0.4 is 0 Å². The molecule has 0 aromatic heterocycles. The van der Waals surface area contributed by atoms with Gasteiger partial charge in [0.2, 0.25) is 0 Å². The molecule has 1 aliphatic heterocycles. The second-order valence-corrected chi connectivity index (χ2v) is 10.6. The fraction of sp³-hybridized carbons (Fsp3) is 0.720. The third-order valence-electron chi connectivity index (χ3n) is 9.64. The van der Waals surface area contributed by atoms with Crippen LogP contribution >= 0.6 is 0 Å². The van der Waals surface area contributed by atoms with Gasteiger partial charge < -0.3 is 9.47 Å². The van der Waals surface area contributed by atoms with Crippen molar-refractivity contribution in [1.29, 1.82) is 0 Å². The number of fused-ring (bicyclic) bond motifs is 4. The van der Waals surface area contributed by atoms with Crippen LogP contribution in [0.4, 0.5) is 0 Å². The van der Waals surface area contributed by atoms with E-state index in [1.807, 2.05) is 0 Å². The normalized spacial score (nSPS) is 46.8. The quantitative estimate of drug-likeness (QED) is 0.451. The van der Waals surface area contributed by atoms with Crippen LogP contribution in [0.15, 0.2) is 34.4 Å². The molecule has 0 aromatic carbocycles. The lowest BCUT2D eigenvalue weighted by molar-refractivity contribution is -0.136. The molecule has 1 saturated heterocycles. The van der Waals surface area contributed by atoms with Crippen LogP contribution in [0.1, 0.15) is 66.2 Å². The van der Waals surface area contributed by atoms with E-state index in [9.17, 15) is 4.79 Å². The smallest absolute Gasteiger partial charge is 0.334 e. The van der Waals surface area contributed by atoms with E-state index in [1.165, 1.54) is 38.4 Å². The molecule has 0 spiro atoms. The predicted octanol–water partition coefficient (Wildman–Crippen LogP) is 5.37. The second kappa shape index (κ2) is 5.84. The van der Waals surface area contributed by atoms with Crippen molar-refractivity contribution in [1.82, 2.24) is 0 Å². The first kappa shape index (κ1) is 18.7. The summed E-state index contributed by atoms with van der Waals surface area (Å²) in [6, 6.07) is 0. The molecular weight excluding hydrogens is 348 g/mol. The third-order valence-corrected chi connectivity index (χ3v) is 9.64. The first-order valence-electron chi connectivity index (χ1n) is 11.1. The van der Waals surface area contributed by atoms with Crippen LogP contribution in [-0.4, -0.2) is 25.8 Å². The second-order valence-electron chi connectivity index (χ2n) is 10.6. The summed E-state index contributed by atoms with van der Waals surface area (Å²) in [6.07, 6.45) is 11.9.